The van der Waals surface area contributed by atoms with Crippen LogP contribution >= 0.6 is 11.6 Å². The number of rotatable bonds is 8. The van der Waals surface area contributed by atoms with Crippen LogP contribution in [0, 0.1) is 0 Å². The molecule has 2 heterocycles. The molecule has 0 saturated carbocycles. The number of hydrogen-bond donors (Lipinski definition) is 1. The van der Waals surface area contributed by atoms with Gasteiger partial charge in [-0.05, 0) is 32.0 Å². The van der Waals surface area contributed by atoms with Crippen molar-refractivity contribution in [1.82, 2.24) is 9.88 Å². The Morgan fingerprint density at radius 3 is 2.42 bits per heavy atom. The fourth-order valence-electron chi connectivity index (χ4n) is 3.47. The molecule has 33 heavy (non-hydrogen) atoms. The zero-order chi connectivity index (χ0) is 24.0. The van der Waals surface area contributed by atoms with Gasteiger partial charge in [0, 0.05) is 38.4 Å². The van der Waals surface area contributed by atoms with Crippen molar-refractivity contribution < 1.29 is 27.4 Å². The summed E-state index contributed by atoms with van der Waals surface area (Å²) in [5.41, 5.74) is -0.349. The predicted molar refractivity (Wildman–Crippen MR) is 120 cm³/mol. The normalized spacial score (nSPS) is 14.8. The van der Waals surface area contributed by atoms with Crippen LogP contribution in [0.15, 0.2) is 30.5 Å². The van der Waals surface area contributed by atoms with Crippen molar-refractivity contribution in [2.24, 2.45) is 0 Å². The van der Waals surface area contributed by atoms with Gasteiger partial charge in [-0.25, -0.2) is 4.98 Å². The highest BCUT2D eigenvalue weighted by atomic mass is 35.5. The number of carbonyl (C=O) groups excluding carboxylic acids is 1. The maximum absolute atomic E-state index is 12.8. The lowest BCUT2D eigenvalue weighted by Crippen LogP contribution is -2.49. The highest BCUT2D eigenvalue weighted by molar-refractivity contribution is 6.33. The molecule has 1 aliphatic heterocycles. The number of amides is 1. The average molecular weight is 487 g/mol. The molecule has 7 nitrogen and oxygen atoms in total. The summed E-state index contributed by atoms with van der Waals surface area (Å²) in [5, 5.41) is 2.83. The maximum atomic E-state index is 12.8. The van der Waals surface area contributed by atoms with E-state index in [0.29, 0.717) is 62.4 Å². The van der Waals surface area contributed by atoms with Gasteiger partial charge >= 0.3 is 6.18 Å². The Labute approximate surface area is 195 Å². The van der Waals surface area contributed by atoms with Crippen molar-refractivity contribution in [1.29, 1.82) is 0 Å². The van der Waals surface area contributed by atoms with E-state index in [1.165, 1.54) is 0 Å². The van der Waals surface area contributed by atoms with Gasteiger partial charge < -0.3 is 19.7 Å². The van der Waals surface area contributed by atoms with E-state index < -0.39 is 11.7 Å². The number of anilines is 2. The molecule has 0 unspecified atom stereocenters. The molecule has 1 aromatic carbocycles. The molecule has 1 amide bonds. The van der Waals surface area contributed by atoms with Gasteiger partial charge in [-0.15, -0.1) is 0 Å². The first-order valence-electron chi connectivity index (χ1n) is 10.6. The summed E-state index contributed by atoms with van der Waals surface area (Å²) >= 11 is 6.05. The quantitative estimate of drug-likeness (QED) is 0.599. The lowest BCUT2D eigenvalue weighted by molar-refractivity contribution is -0.137. The van der Waals surface area contributed by atoms with Crippen LogP contribution in [0.5, 0.6) is 11.5 Å². The summed E-state index contributed by atoms with van der Waals surface area (Å²) in [6.07, 6.45) is -3.71. The van der Waals surface area contributed by atoms with E-state index in [-0.39, 0.29) is 17.5 Å². The molecule has 0 bridgehead atoms. The zero-order valence-corrected chi connectivity index (χ0v) is 19.2. The average Bonchev–Trinajstić information content (AvgIpc) is 2.76. The van der Waals surface area contributed by atoms with Crippen molar-refractivity contribution in [3.63, 3.8) is 0 Å². The van der Waals surface area contributed by atoms with E-state index >= 15 is 0 Å². The van der Waals surface area contributed by atoms with Crippen LogP contribution in [0.2, 0.25) is 5.02 Å². The van der Waals surface area contributed by atoms with Gasteiger partial charge in [0.2, 0.25) is 5.91 Å². The number of aromatic nitrogens is 1. The molecule has 1 fully saturated rings. The fourth-order valence-corrected chi connectivity index (χ4v) is 3.76. The predicted octanol–water partition coefficient (Wildman–Crippen LogP) is 4.31. The van der Waals surface area contributed by atoms with E-state index in [1.54, 1.807) is 18.2 Å². The third kappa shape index (κ3) is 6.64. The Kier molecular flexibility index (Phi) is 8.25. The van der Waals surface area contributed by atoms with Crippen molar-refractivity contribution in [3.05, 3.63) is 41.0 Å². The summed E-state index contributed by atoms with van der Waals surface area (Å²) in [6, 6.07) is 6.14. The number of benzene rings is 1. The molecule has 3 rings (SSSR count). The van der Waals surface area contributed by atoms with Gasteiger partial charge in [0.05, 0.1) is 36.0 Å². The van der Waals surface area contributed by atoms with E-state index in [4.69, 9.17) is 21.1 Å². The third-order valence-corrected chi connectivity index (χ3v) is 5.30. The van der Waals surface area contributed by atoms with Crippen LogP contribution in [0.3, 0.4) is 0 Å². The standard InChI is InChI=1S/C22H26ClF3N4O3/c1-3-32-16-5-6-19(33-4-2)18(12-16)28-20(31)14-29-7-9-30(10-8-29)21-17(23)11-15(13-27-21)22(24,25)26/h5-6,11-13H,3-4,7-10,14H2,1-2H3,(H,28,31). The van der Waals surface area contributed by atoms with Gasteiger partial charge in [-0.2, -0.15) is 13.2 Å². The number of nitrogens with zero attached hydrogens (tertiary/aromatic N) is 3. The summed E-state index contributed by atoms with van der Waals surface area (Å²) in [7, 11) is 0. The topological polar surface area (TPSA) is 66.9 Å². The minimum absolute atomic E-state index is 0.0475. The minimum atomic E-state index is -4.49. The molecular weight excluding hydrogens is 461 g/mol. The molecule has 0 aliphatic carbocycles. The zero-order valence-electron chi connectivity index (χ0n) is 18.4. The van der Waals surface area contributed by atoms with Crippen LogP contribution in [-0.4, -0.2) is 61.7 Å². The smallest absolute Gasteiger partial charge is 0.417 e. The monoisotopic (exact) mass is 486 g/mol. The van der Waals surface area contributed by atoms with Crippen molar-refractivity contribution in [3.8, 4) is 11.5 Å². The molecule has 1 N–H and O–H groups in total. The SMILES string of the molecule is CCOc1ccc(OCC)c(NC(=O)CN2CCN(c3ncc(C(F)(F)F)cc3Cl)CC2)c1. The first-order chi connectivity index (χ1) is 15.7. The van der Waals surface area contributed by atoms with E-state index in [1.807, 2.05) is 23.6 Å². The molecular formula is C22H26ClF3N4O3. The Balaban J connectivity index is 1.57. The second-order valence-corrected chi connectivity index (χ2v) is 7.77. The maximum Gasteiger partial charge on any atom is 0.417 e. The van der Waals surface area contributed by atoms with Crippen LogP contribution < -0.4 is 19.7 Å². The number of hydrogen-bond acceptors (Lipinski definition) is 6. The fraction of sp³-hybridized carbons (Fsp3) is 0.455. The van der Waals surface area contributed by atoms with Gasteiger partial charge in [0.1, 0.15) is 17.3 Å². The molecule has 11 heteroatoms. The van der Waals surface area contributed by atoms with Crippen molar-refractivity contribution >= 4 is 29.0 Å². The Morgan fingerprint density at radius 2 is 1.82 bits per heavy atom. The second kappa shape index (κ2) is 10.9. The summed E-state index contributed by atoms with van der Waals surface area (Å²) in [6.45, 7) is 6.88. The number of carbonyl (C=O) groups is 1. The Morgan fingerprint density at radius 1 is 1.12 bits per heavy atom. The number of halogens is 4. The minimum Gasteiger partial charge on any atom is -0.494 e. The van der Waals surface area contributed by atoms with E-state index in [2.05, 4.69) is 10.3 Å². The largest absolute Gasteiger partial charge is 0.494 e. The lowest BCUT2D eigenvalue weighted by Gasteiger charge is -2.35. The van der Waals surface area contributed by atoms with Crippen LogP contribution in [0.25, 0.3) is 0 Å². The van der Waals surface area contributed by atoms with Gasteiger partial charge in [-0.1, -0.05) is 11.6 Å². The number of nitrogens with one attached hydrogen (secondary N) is 1. The first kappa shape index (κ1) is 24.9. The number of pyridine rings is 1. The van der Waals surface area contributed by atoms with Crippen molar-refractivity contribution in [2.45, 2.75) is 20.0 Å². The molecule has 0 radical (unpaired) electrons. The van der Waals surface area contributed by atoms with Gasteiger partial charge in [0.15, 0.2) is 0 Å². The first-order valence-corrected chi connectivity index (χ1v) is 11.0. The van der Waals surface area contributed by atoms with Crippen LogP contribution in [-0.2, 0) is 11.0 Å². The molecule has 2 aromatic rings. The van der Waals surface area contributed by atoms with E-state index in [9.17, 15) is 18.0 Å². The number of alkyl halides is 3. The third-order valence-electron chi connectivity index (χ3n) is 5.02. The summed E-state index contributed by atoms with van der Waals surface area (Å²) < 4.78 is 49.6. The Bertz CT molecular complexity index is 966. The molecule has 0 atom stereocenters. The van der Waals surface area contributed by atoms with Crippen LogP contribution in [0.1, 0.15) is 19.4 Å². The molecule has 0 spiro atoms. The molecule has 180 valence electrons. The highest BCUT2D eigenvalue weighted by Gasteiger charge is 2.32. The second-order valence-electron chi connectivity index (χ2n) is 7.36. The highest BCUT2D eigenvalue weighted by Crippen LogP contribution is 2.34. The van der Waals surface area contributed by atoms with Crippen LogP contribution in [0.4, 0.5) is 24.7 Å². The summed E-state index contributed by atoms with van der Waals surface area (Å²) in [5.74, 6) is 1.29. The van der Waals surface area contributed by atoms with Crippen molar-refractivity contribution in [2.75, 3.05) is 56.2 Å². The van der Waals surface area contributed by atoms with Gasteiger partial charge in [0.25, 0.3) is 0 Å². The number of piperazine rings is 1. The number of ether oxygens (including phenoxy) is 2. The van der Waals surface area contributed by atoms with Gasteiger partial charge in [-0.3, -0.25) is 9.69 Å². The van der Waals surface area contributed by atoms with E-state index in [0.717, 1.165) is 12.3 Å². The molecule has 1 aromatic heterocycles. The summed E-state index contributed by atoms with van der Waals surface area (Å²) in [4.78, 5) is 20.3. The lowest BCUT2D eigenvalue weighted by atomic mass is 10.2. The Hall–Kier alpha value is -2.72. The molecule has 1 saturated heterocycles. The molecule has 1 aliphatic rings.